The van der Waals surface area contributed by atoms with E-state index < -0.39 is 0 Å². The molecular formula is C21H29N4O2S+. The molecule has 0 spiro atoms. The van der Waals surface area contributed by atoms with Gasteiger partial charge in [0.25, 0.3) is 11.7 Å². The Morgan fingerprint density at radius 3 is 2.50 bits per heavy atom. The highest BCUT2D eigenvalue weighted by Gasteiger charge is 2.37. The summed E-state index contributed by atoms with van der Waals surface area (Å²) in [4.78, 5) is 22.8. The second kappa shape index (κ2) is 6.59. The Labute approximate surface area is 169 Å². The number of hydrogen-bond donors (Lipinski definition) is 1. The maximum absolute atomic E-state index is 13.1. The first-order chi connectivity index (χ1) is 13.4. The lowest BCUT2D eigenvalue weighted by Crippen LogP contribution is -2.36. The predicted molar refractivity (Wildman–Crippen MR) is 112 cm³/mol. The number of ether oxygens (including phenoxy) is 1. The number of carbonyl (C=O) groups excluding carboxylic acids is 1. The minimum Gasteiger partial charge on any atom is -0.397 e. The maximum atomic E-state index is 13.1. The van der Waals surface area contributed by atoms with Crippen molar-refractivity contribution in [3.8, 4) is 0 Å². The van der Waals surface area contributed by atoms with Gasteiger partial charge >= 0.3 is 0 Å². The number of hydrogen-bond acceptors (Lipinski definition) is 5. The summed E-state index contributed by atoms with van der Waals surface area (Å²) in [5, 5.41) is 1.04. The van der Waals surface area contributed by atoms with Gasteiger partial charge in [0.2, 0.25) is 0 Å². The van der Waals surface area contributed by atoms with Gasteiger partial charge in [0.05, 0.1) is 41.9 Å². The Balaban J connectivity index is 1.68. The van der Waals surface area contributed by atoms with E-state index in [1.165, 1.54) is 35.3 Å². The minimum atomic E-state index is -0.225. The quantitative estimate of drug-likeness (QED) is 0.840. The number of anilines is 2. The second-order valence-electron chi connectivity index (χ2n) is 8.90. The first-order valence-electron chi connectivity index (χ1n) is 10.4. The fraction of sp³-hybridized carbons (Fsp3) is 0.619. The Bertz CT molecular complexity index is 940. The molecule has 7 heteroatoms. The topological polar surface area (TPSA) is 72.9 Å². The third kappa shape index (κ3) is 2.87. The monoisotopic (exact) mass is 401 g/mol. The number of fused-ring (bicyclic) bond motifs is 3. The molecule has 0 aromatic carbocycles. The third-order valence-electron chi connectivity index (χ3n) is 6.35. The highest BCUT2D eigenvalue weighted by atomic mass is 32.1. The molecule has 0 aliphatic carbocycles. The SMILES string of the molecule is CC1(C)Cc2c(c(N3CCCC3)[nH+]c3sc(C(=O)N4CCCC4)c(N)c23)CO1. The van der Waals surface area contributed by atoms with Gasteiger partial charge in [-0.3, -0.25) is 9.69 Å². The summed E-state index contributed by atoms with van der Waals surface area (Å²) >= 11 is 1.53. The van der Waals surface area contributed by atoms with Crippen LogP contribution in [0.4, 0.5) is 11.5 Å². The second-order valence-corrected chi connectivity index (χ2v) is 9.92. The number of pyridine rings is 1. The van der Waals surface area contributed by atoms with Crippen molar-refractivity contribution in [1.29, 1.82) is 0 Å². The molecule has 2 aromatic rings. The molecule has 0 radical (unpaired) electrons. The number of aromatic amines is 1. The van der Waals surface area contributed by atoms with E-state index >= 15 is 0 Å². The molecule has 0 bridgehead atoms. The zero-order chi connectivity index (χ0) is 19.5. The molecule has 0 saturated carbocycles. The summed E-state index contributed by atoms with van der Waals surface area (Å²) in [6.45, 7) is 8.67. The standard InChI is InChI=1S/C21H28N4O2S/c1-21(2)11-13-14(12-27-21)18(24-7-3-4-8-24)23-19-15(13)16(22)17(28-19)20(26)25-9-5-6-10-25/h3-12,22H2,1-2H3/p+1. The highest BCUT2D eigenvalue weighted by Crippen LogP contribution is 2.42. The van der Waals surface area contributed by atoms with E-state index in [-0.39, 0.29) is 11.5 Å². The number of nitrogens with zero attached hydrogens (tertiary/aromatic N) is 2. The molecule has 0 unspecified atom stereocenters. The molecule has 2 fully saturated rings. The molecule has 6 nitrogen and oxygen atoms in total. The number of likely N-dealkylation sites (tertiary alicyclic amines) is 1. The van der Waals surface area contributed by atoms with Crippen molar-refractivity contribution in [3.63, 3.8) is 0 Å². The van der Waals surface area contributed by atoms with E-state index in [9.17, 15) is 4.79 Å². The number of nitrogens with two attached hydrogens (primary N) is 1. The number of nitrogens with one attached hydrogen (secondary N) is 1. The van der Waals surface area contributed by atoms with E-state index in [0.29, 0.717) is 17.2 Å². The van der Waals surface area contributed by atoms with Gasteiger partial charge in [0, 0.05) is 19.5 Å². The summed E-state index contributed by atoms with van der Waals surface area (Å²) in [5.41, 5.74) is 9.52. The Kier molecular flexibility index (Phi) is 4.28. The first kappa shape index (κ1) is 18.2. The van der Waals surface area contributed by atoms with Gasteiger partial charge in [-0.05, 0) is 45.1 Å². The van der Waals surface area contributed by atoms with Crippen molar-refractivity contribution in [2.45, 2.75) is 58.2 Å². The average molecular weight is 402 g/mol. The van der Waals surface area contributed by atoms with Crippen LogP contribution in [0.5, 0.6) is 0 Å². The van der Waals surface area contributed by atoms with Crippen LogP contribution in [0.15, 0.2) is 0 Å². The van der Waals surface area contributed by atoms with E-state index in [1.807, 2.05) is 4.90 Å². The van der Waals surface area contributed by atoms with Gasteiger partial charge in [-0.1, -0.05) is 11.3 Å². The maximum Gasteiger partial charge on any atom is 0.281 e. The van der Waals surface area contributed by atoms with E-state index in [4.69, 9.17) is 10.5 Å². The number of aromatic nitrogens is 1. The average Bonchev–Trinajstić information content (AvgIpc) is 3.41. The largest absolute Gasteiger partial charge is 0.397 e. The molecule has 3 N–H and O–H groups in total. The number of nitrogen functional groups attached to an aromatic ring is 1. The highest BCUT2D eigenvalue weighted by molar-refractivity contribution is 7.20. The zero-order valence-electron chi connectivity index (χ0n) is 16.8. The summed E-state index contributed by atoms with van der Waals surface area (Å²) in [7, 11) is 0. The fourth-order valence-corrected chi connectivity index (χ4v) is 5.95. The molecule has 3 aliphatic rings. The van der Waals surface area contributed by atoms with Gasteiger partial charge in [-0.15, -0.1) is 0 Å². The van der Waals surface area contributed by atoms with Crippen LogP contribution in [0.2, 0.25) is 0 Å². The molecule has 0 atom stereocenters. The van der Waals surface area contributed by atoms with Crippen molar-refractivity contribution >= 4 is 39.0 Å². The molecule has 5 heterocycles. The molecule has 3 aliphatic heterocycles. The summed E-state index contributed by atoms with van der Waals surface area (Å²) in [6, 6.07) is 0. The Morgan fingerprint density at radius 2 is 1.79 bits per heavy atom. The molecular weight excluding hydrogens is 372 g/mol. The Morgan fingerprint density at radius 1 is 1.11 bits per heavy atom. The summed E-state index contributed by atoms with van der Waals surface area (Å²) in [6.07, 6.45) is 5.43. The number of H-pyrrole nitrogens is 1. The number of thiophene rings is 1. The predicted octanol–water partition coefficient (Wildman–Crippen LogP) is 2.99. The molecule has 150 valence electrons. The van der Waals surface area contributed by atoms with Crippen molar-refractivity contribution < 1.29 is 14.5 Å². The lowest BCUT2D eigenvalue weighted by Gasteiger charge is -2.32. The molecule has 2 aromatic heterocycles. The van der Waals surface area contributed by atoms with Gasteiger partial charge < -0.3 is 15.4 Å². The molecule has 28 heavy (non-hydrogen) atoms. The smallest absolute Gasteiger partial charge is 0.281 e. The van der Waals surface area contributed by atoms with Crippen LogP contribution in [0, 0.1) is 0 Å². The fourth-order valence-electron chi connectivity index (χ4n) is 4.84. The van der Waals surface area contributed by atoms with Crippen LogP contribution < -0.4 is 15.6 Å². The summed E-state index contributed by atoms with van der Waals surface area (Å²) in [5.74, 6) is 1.25. The van der Waals surface area contributed by atoms with E-state index in [2.05, 4.69) is 23.7 Å². The van der Waals surface area contributed by atoms with Crippen molar-refractivity contribution in [2.24, 2.45) is 0 Å². The van der Waals surface area contributed by atoms with Gasteiger partial charge in [0.1, 0.15) is 4.88 Å². The van der Waals surface area contributed by atoms with E-state index in [1.54, 1.807) is 0 Å². The number of amides is 1. The molecule has 2 saturated heterocycles. The van der Waals surface area contributed by atoms with Crippen molar-refractivity contribution in [3.05, 3.63) is 16.0 Å². The van der Waals surface area contributed by atoms with Crippen LogP contribution >= 0.6 is 11.3 Å². The lowest BCUT2D eigenvalue weighted by molar-refractivity contribution is -0.328. The molecule has 1 amide bonds. The zero-order valence-corrected chi connectivity index (χ0v) is 17.6. The van der Waals surface area contributed by atoms with Gasteiger partial charge in [0.15, 0.2) is 4.83 Å². The van der Waals surface area contributed by atoms with Crippen molar-refractivity contribution in [2.75, 3.05) is 36.8 Å². The minimum absolute atomic E-state index is 0.0902. The van der Waals surface area contributed by atoms with Crippen LogP contribution in [0.3, 0.4) is 0 Å². The number of carbonyl (C=O) groups is 1. The Hall–Kier alpha value is -1.86. The lowest BCUT2D eigenvalue weighted by atomic mass is 9.90. The van der Waals surface area contributed by atoms with E-state index in [0.717, 1.165) is 61.5 Å². The van der Waals surface area contributed by atoms with Crippen molar-refractivity contribution in [1.82, 2.24) is 4.90 Å². The summed E-state index contributed by atoms with van der Waals surface area (Å²) < 4.78 is 6.16. The third-order valence-corrected chi connectivity index (χ3v) is 7.46. The first-order valence-corrected chi connectivity index (χ1v) is 11.2. The van der Waals surface area contributed by atoms with Crippen LogP contribution in [0.1, 0.15) is 60.3 Å². The van der Waals surface area contributed by atoms with Crippen LogP contribution in [-0.2, 0) is 17.8 Å². The number of rotatable bonds is 2. The van der Waals surface area contributed by atoms with Crippen LogP contribution in [0.25, 0.3) is 10.2 Å². The normalized spacial score (nSPS) is 21.5. The van der Waals surface area contributed by atoms with Crippen LogP contribution in [-0.4, -0.2) is 42.6 Å². The van der Waals surface area contributed by atoms with Gasteiger partial charge in [-0.25, -0.2) is 4.98 Å². The molecule has 5 rings (SSSR count). The van der Waals surface area contributed by atoms with Gasteiger partial charge in [-0.2, -0.15) is 0 Å².